The molecule has 1 heterocycles. The standard InChI is InChI=1S/C21H21ClFNO4/c1-3-16-14(10-12-4-6-13(23)7-5-12)21(26)19-17(28-11-18(25)27-2)9-8-15(22)20(19)24-16/h4-9,14,21,26H,3,10-11H2,1-2H3. The number of halogens is 2. The Bertz CT molecular complexity index is 898. The third kappa shape index (κ3) is 4.18. The molecular weight excluding hydrogens is 385 g/mol. The summed E-state index contributed by atoms with van der Waals surface area (Å²) < 4.78 is 23.4. The van der Waals surface area contributed by atoms with Crippen LogP contribution in [0.25, 0.3) is 0 Å². The first-order valence-electron chi connectivity index (χ1n) is 8.96. The summed E-state index contributed by atoms with van der Waals surface area (Å²) >= 11 is 6.31. The van der Waals surface area contributed by atoms with Crippen molar-refractivity contribution in [2.45, 2.75) is 25.9 Å². The van der Waals surface area contributed by atoms with Crippen LogP contribution in [-0.2, 0) is 16.0 Å². The highest BCUT2D eigenvalue weighted by Crippen LogP contribution is 2.47. The van der Waals surface area contributed by atoms with Crippen LogP contribution in [0.15, 0.2) is 41.4 Å². The molecule has 1 N–H and O–H groups in total. The zero-order valence-electron chi connectivity index (χ0n) is 15.6. The summed E-state index contributed by atoms with van der Waals surface area (Å²) in [5.74, 6) is -0.829. The minimum Gasteiger partial charge on any atom is -0.481 e. The zero-order chi connectivity index (χ0) is 20.3. The van der Waals surface area contributed by atoms with Gasteiger partial charge in [0.15, 0.2) is 6.61 Å². The summed E-state index contributed by atoms with van der Waals surface area (Å²) in [5, 5.41) is 11.6. The van der Waals surface area contributed by atoms with Crippen molar-refractivity contribution in [2.24, 2.45) is 10.9 Å². The number of aliphatic hydroxyl groups excluding tert-OH is 1. The van der Waals surface area contributed by atoms with Gasteiger partial charge in [-0.2, -0.15) is 0 Å². The highest BCUT2D eigenvalue weighted by Gasteiger charge is 2.35. The molecule has 0 aliphatic carbocycles. The second kappa shape index (κ2) is 8.71. The van der Waals surface area contributed by atoms with Crippen LogP contribution in [0.1, 0.15) is 30.6 Å². The molecule has 0 radical (unpaired) electrons. The Morgan fingerprint density at radius 1 is 1.25 bits per heavy atom. The zero-order valence-corrected chi connectivity index (χ0v) is 16.4. The number of benzene rings is 2. The molecule has 0 saturated carbocycles. The van der Waals surface area contributed by atoms with E-state index in [4.69, 9.17) is 16.3 Å². The van der Waals surface area contributed by atoms with E-state index in [1.54, 1.807) is 24.3 Å². The molecule has 0 fully saturated rings. The van der Waals surface area contributed by atoms with Crippen LogP contribution >= 0.6 is 11.6 Å². The number of fused-ring (bicyclic) bond motifs is 1. The van der Waals surface area contributed by atoms with Gasteiger partial charge in [0.2, 0.25) is 0 Å². The lowest BCUT2D eigenvalue weighted by Gasteiger charge is -2.31. The second-order valence-electron chi connectivity index (χ2n) is 6.51. The Hall–Kier alpha value is -2.44. The van der Waals surface area contributed by atoms with Crippen molar-refractivity contribution in [3.63, 3.8) is 0 Å². The Kier molecular flexibility index (Phi) is 6.31. The third-order valence-corrected chi connectivity index (χ3v) is 5.10. The lowest BCUT2D eigenvalue weighted by atomic mass is 9.82. The predicted molar refractivity (Wildman–Crippen MR) is 105 cm³/mol. The Morgan fingerprint density at radius 3 is 2.61 bits per heavy atom. The van der Waals surface area contributed by atoms with Gasteiger partial charge in [0.05, 0.1) is 29.5 Å². The van der Waals surface area contributed by atoms with E-state index in [1.807, 2.05) is 6.92 Å². The average Bonchev–Trinajstić information content (AvgIpc) is 2.70. The molecule has 2 aromatic carbocycles. The smallest absolute Gasteiger partial charge is 0.343 e. The molecule has 5 nitrogen and oxygen atoms in total. The number of carbonyl (C=O) groups is 1. The summed E-state index contributed by atoms with van der Waals surface area (Å²) in [7, 11) is 1.27. The number of hydrogen-bond acceptors (Lipinski definition) is 5. The number of methoxy groups -OCH3 is 1. The van der Waals surface area contributed by atoms with Gasteiger partial charge in [-0.25, -0.2) is 9.18 Å². The molecule has 2 unspecified atom stereocenters. The Morgan fingerprint density at radius 2 is 1.96 bits per heavy atom. The SMILES string of the molecule is CCC1=Nc2c(Cl)ccc(OCC(=O)OC)c2C(O)C1Cc1ccc(F)cc1. The van der Waals surface area contributed by atoms with E-state index in [0.717, 1.165) is 11.3 Å². The first-order chi connectivity index (χ1) is 13.4. The molecule has 0 spiro atoms. The van der Waals surface area contributed by atoms with Gasteiger partial charge >= 0.3 is 5.97 Å². The topological polar surface area (TPSA) is 68.1 Å². The second-order valence-corrected chi connectivity index (χ2v) is 6.92. The minimum absolute atomic E-state index is 0.287. The predicted octanol–water partition coefficient (Wildman–Crippen LogP) is 4.42. The van der Waals surface area contributed by atoms with Gasteiger partial charge in [-0.05, 0) is 42.7 Å². The number of aliphatic hydroxyl groups is 1. The van der Waals surface area contributed by atoms with Gasteiger partial charge in [-0.1, -0.05) is 30.7 Å². The van der Waals surface area contributed by atoms with E-state index in [-0.39, 0.29) is 18.3 Å². The van der Waals surface area contributed by atoms with Gasteiger partial charge < -0.3 is 14.6 Å². The molecule has 1 aliphatic heterocycles. The fourth-order valence-corrected chi connectivity index (χ4v) is 3.55. The first kappa shape index (κ1) is 20.3. The van der Waals surface area contributed by atoms with E-state index >= 15 is 0 Å². The molecule has 1 aliphatic rings. The monoisotopic (exact) mass is 405 g/mol. The molecule has 0 amide bonds. The van der Waals surface area contributed by atoms with Gasteiger partial charge in [-0.15, -0.1) is 0 Å². The molecular formula is C21H21ClFNO4. The Labute approximate surface area is 167 Å². The van der Waals surface area contributed by atoms with Crippen molar-refractivity contribution in [2.75, 3.05) is 13.7 Å². The summed E-state index contributed by atoms with van der Waals surface area (Å²) in [5.41, 5.74) is 2.58. The van der Waals surface area contributed by atoms with Crippen LogP contribution in [0.4, 0.5) is 10.1 Å². The van der Waals surface area contributed by atoms with Gasteiger partial charge in [-0.3, -0.25) is 4.99 Å². The minimum atomic E-state index is -0.932. The van der Waals surface area contributed by atoms with E-state index in [1.165, 1.54) is 19.2 Å². The number of nitrogens with zero attached hydrogens (tertiary/aromatic N) is 1. The maximum absolute atomic E-state index is 13.2. The van der Waals surface area contributed by atoms with Crippen LogP contribution in [0.2, 0.25) is 5.02 Å². The first-order valence-corrected chi connectivity index (χ1v) is 9.34. The van der Waals surface area contributed by atoms with E-state index < -0.39 is 12.1 Å². The molecule has 28 heavy (non-hydrogen) atoms. The number of aliphatic imine (C=N–C) groups is 1. The number of hydrogen-bond donors (Lipinski definition) is 1. The van der Waals surface area contributed by atoms with Crippen molar-refractivity contribution in [1.82, 2.24) is 0 Å². The summed E-state index contributed by atoms with van der Waals surface area (Å²) in [6.07, 6.45) is 0.182. The van der Waals surface area contributed by atoms with E-state index in [2.05, 4.69) is 9.73 Å². The third-order valence-electron chi connectivity index (χ3n) is 4.79. The van der Waals surface area contributed by atoms with Crippen LogP contribution in [0, 0.1) is 11.7 Å². The van der Waals surface area contributed by atoms with Crippen molar-refractivity contribution >= 4 is 29.0 Å². The normalized spacial score (nSPS) is 18.2. The molecule has 148 valence electrons. The van der Waals surface area contributed by atoms with Crippen molar-refractivity contribution in [3.05, 3.63) is 58.4 Å². The van der Waals surface area contributed by atoms with Crippen molar-refractivity contribution in [3.8, 4) is 5.75 Å². The maximum atomic E-state index is 13.2. The highest BCUT2D eigenvalue weighted by molar-refractivity contribution is 6.33. The molecule has 0 bridgehead atoms. The largest absolute Gasteiger partial charge is 0.481 e. The van der Waals surface area contributed by atoms with Crippen molar-refractivity contribution in [1.29, 1.82) is 0 Å². The maximum Gasteiger partial charge on any atom is 0.343 e. The van der Waals surface area contributed by atoms with Crippen LogP contribution in [-0.4, -0.2) is 30.5 Å². The number of ether oxygens (including phenoxy) is 2. The number of esters is 1. The van der Waals surface area contributed by atoms with Crippen LogP contribution in [0.3, 0.4) is 0 Å². The molecule has 3 rings (SSSR count). The van der Waals surface area contributed by atoms with E-state index in [9.17, 15) is 14.3 Å². The molecule has 0 aromatic heterocycles. The summed E-state index contributed by atoms with van der Waals surface area (Å²) in [6.45, 7) is 1.67. The van der Waals surface area contributed by atoms with Gasteiger partial charge in [0, 0.05) is 11.6 Å². The molecule has 7 heteroatoms. The lowest BCUT2D eigenvalue weighted by Crippen LogP contribution is -2.28. The average molecular weight is 406 g/mol. The highest BCUT2D eigenvalue weighted by atomic mass is 35.5. The lowest BCUT2D eigenvalue weighted by molar-refractivity contribution is -0.142. The number of carbonyl (C=O) groups excluding carboxylic acids is 1. The molecule has 0 saturated heterocycles. The van der Waals surface area contributed by atoms with Crippen LogP contribution in [0.5, 0.6) is 5.75 Å². The fraction of sp³-hybridized carbons (Fsp3) is 0.333. The summed E-state index contributed by atoms with van der Waals surface area (Å²) in [4.78, 5) is 16.1. The summed E-state index contributed by atoms with van der Waals surface area (Å²) in [6, 6.07) is 9.40. The van der Waals surface area contributed by atoms with Gasteiger partial charge in [0.25, 0.3) is 0 Å². The van der Waals surface area contributed by atoms with E-state index in [0.29, 0.717) is 34.9 Å². The number of rotatable bonds is 6. The Balaban J connectivity index is 1.98. The molecule has 2 aromatic rings. The molecule has 2 atom stereocenters. The van der Waals surface area contributed by atoms with Crippen LogP contribution < -0.4 is 4.74 Å². The van der Waals surface area contributed by atoms with Gasteiger partial charge in [0.1, 0.15) is 11.6 Å². The fourth-order valence-electron chi connectivity index (χ4n) is 3.34. The quantitative estimate of drug-likeness (QED) is 0.722. The van der Waals surface area contributed by atoms with Crippen molar-refractivity contribution < 1.29 is 23.8 Å².